The summed E-state index contributed by atoms with van der Waals surface area (Å²) in [6, 6.07) is 8.87. The Labute approximate surface area is 149 Å². The Hall–Kier alpha value is -3.16. The Morgan fingerprint density at radius 2 is 1.69 bits per heavy atom. The SMILES string of the molecule is CCOC(=O)Nc1ccc(NC(C)C(=O)Nc2ccc(F)cc2F)cc1. The lowest BCUT2D eigenvalue weighted by Crippen LogP contribution is -2.32. The Morgan fingerprint density at radius 1 is 1.04 bits per heavy atom. The van der Waals surface area contributed by atoms with Gasteiger partial charge in [-0.2, -0.15) is 0 Å². The van der Waals surface area contributed by atoms with Crippen LogP contribution in [-0.2, 0) is 9.53 Å². The number of benzene rings is 2. The van der Waals surface area contributed by atoms with Crippen molar-refractivity contribution in [3.63, 3.8) is 0 Å². The van der Waals surface area contributed by atoms with Crippen molar-refractivity contribution in [1.82, 2.24) is 0 Å². The molecule has 0 saturated heterocycles. The molecule has 2 aromatic carbocycles. The number of amides is 2. The van der Waals surface area contributed by atoms with E-state index in [2.05, 4.69) is 16.0 Å². The standard InChI is InChI=1S/C18H19F2N3O3/c1-3-26-18(25)22-14-7-5-13(6-8-14)21-11(2)17(24)23-16-9-4-12(19)10-15(16)20/h4-11,21H,3H2,1-2H3,(H,22,25)(H,23,24). The zero-order valence-electron chi connectivity index (χ0n) is 14.3. The summed E-state index contributed by atoms with van der Waals surface area (Å²) in [6.45, 7) is 3.57. The maximum Gasteiger partial charge on any atom is 0.411 e. The smallest absolute Gasteiger partial charge is 0.411 e. The highest BCUT2D eigenvalue weighted by Gasteiger charge is 2.15. The van der Waals surface area contributed by atoms with Crippen LogP contribution in [0.1, 0.15) is 13.8 Å². The molecule has 8 heteroatoms. The van der Waals surface area contributed by atoms with Gasteiger partial charge in [0.15, 0.2) is 0 Å². The van der Waals surface area contributed by atoms with Crippen LogP contribution in [0.4, 0.5) is 30.6 Å². The van der Waals surface area contributed by atoms with Gasteiger partial charge in [0.25, 0.3) is 0 Å². The fourth-order valence-corrected chi connectivity index (χ4v) is 2.08. The van der Waals surface area contributed by atoms with Crippen molar-refractivity contribution in [1.29, 1.82) is 0 Å². The van der Waals surface area contributed by atoms with Gasteiger partial charge in [0.05, 0.1) is 12.3 Å². The molecule has 26 heavy (non-hydrogen) atoms. The first-order valence-electron chi connectivity index (χ1n) is 7.95. The highest BCUT2D eigenvalue weighted by molar-refractivity contribution is 5.96. The molecule has 1 atom stereocenters. The summed E-state index contributed by atoms with van der Waals surface area (Å²) in [4.78, 5) is 23.5. The van der Waals surface area contributed by atoms with Crippen LogP contribution in [-0.4, -0.2) is 24.6 Å². The number of anilines is 3. The minimum atomic E-state index is -0.847. The molecule has 2 rings (SSSR count). The van der Waals surface area contributed by atoms with Crippen LogP contribution < -0.4 is 16.0 Å². The van der Waals surface area contributed by atoms with E-state index in [4.69, 9.17) is 4.74 Å². The topological polar surface area (TPSA) is 79.5 Å². The molecule has 0 aliphatic heterocycles. The predicted octanol–water partition coefficient (Wildman–Crippen LogP) is 3.97. The van der Waals surface area contributed by atoms with Crippen LogP contribution >= 0.6 is 0 Å². The second-order valence-electron chi connectivity index (χ2n) is 5.40. The molecule has 0 fully saturated rings. The van der Waals surface area contributed by atoms with Crippen molar-refractivity contribution in [2.75, 3.05) is 22.6 Å². The van der Waals surface area contributed by atoms with Crippen LogP contribution in [0.5, 0.6) is 0 Å². The van der Waals surface area contributed by atoms with E-state index >= 15 is 0 Å². The molecule has 0 radical (unpaired) electrons. The summed E-state index contributed by atoms with van der Waals surface area (Å²) in [5.41, 5.74) is 1.07. The lowest BCUT2D eigenvalue weighted by atomic mass is 10.2. The summed E-state index contributed by atoms with van der Waals surface area (Å²) in [6.07, 6.45) is -0.553. The number of ether oxygens (including phenoxy) is 1. The Bertz CT molecular complexity index is 782. The molecule has 0 aliphatic carbocycles. The molecule has 2 amide bonds. The monoisotopic (exact) mass is 363 g/mol. The van der Waals surface area contributed by atoms with E-state index in [-0.39, 0.29) is 12.3 Å². The highest BCUT2D eigenvalue weighted by atomic mass is 19.1. The first kappa shape index (κ1) is 19.2. The van der Waals surface area contributed by atoms with Crippen LogP contribution in [0, 0.1) is 11.6 Å². The molecule has 1 unspecified atom stereocenters. The molecule has 2 aromatic rings. The third-order valence-corrected chi connectivity index (χ3v) is 3.37. The van der Waals surface area contributed by atoms with E-state index in [1.165, 1.54) is 0 Å². The fraction of sp³-hybridized carbons (Fsp3) is 0.222. The van der Waals surface area contributed by atoms with Crippen molar-refractivity contribution < 1.29 is 23.1 Å². The zero-order chi connectivity index (χ0) is 19.1. The summed E-state index contributed by atoms with van der Waals surface area (Å²) >= 11 is 0. The van der Waals surface area contributed by atoms with Crippen molar-refractivity contribution >= 4 is 29.1 Å². The highest BCUT2D eigenvalue weighted by Crippen LogP contribution is 2.17. The molecule has 0 bridgehead atoms. The summed E-state index contributed by atoms with van der Waals surface area (Å²) < 4.78 is 31.2. The van der Waals surface area contributed by atoms with E-state index in [1.807, 2.05) is 0 Å². The van der Waals surface area contributed by atoms with E-state index in [0.29, 0.717) is 17.4 Å². The zero-order valence-corrected chi connectivity index (χ0v) is 14.3. The number of rotatable bonds is 6. The van der Waals surface area contributed by atoms with Crippen molar-refractivity contribution in [2.45, 2.75) is 19.9 Å². The van der Waals surface area contributed by atoms with Gasteiger partial charge in [0, 0.05) is 17.4 Å². The van der Waals surface area contributed by atoms with Crippen molar-refractivity contribution in [2.24, 2.45) is 0 Å². The number of hydrogen-bond donors (Lipinski definition) is 3. The van der Waals surface area contributed by atoms with E-state index in [1.54, 1.807) is 38.1 Å². The molecular weight excluding hydrogens is 344 g/mol. The molecule has 0 spiro atoms. The van der Waals surface area contributed by atoms with E-state index in [9.17, 15) is 18.4 Å². The largest absolute Gasteiger partial charge is 0.450 e. The van der Waals surface area contributed by atoms with Gasteiger partial charge in [-0.05, 0) is 50.2 Å². The first-order valence-corrected chi connectivity index (χ1v) is 7.95. The van der Waals surface area contributed by atoms with Gasteiger partial charge in [0.2, 0.25) is 5.91 Å². The Balaban J connectivity index is 1.92. The minimum Gasteiger partial charge on any atom is -0.450 e. The van der Waals surface area contributed by atoms with Gasteiger partial charge in [-0.1, -0.05) is 0 Å². The van der Waals surface area contributed by atoms with Crippen molar-refractivity contribution in [3.05, 3.63) is 54.1 Å². The number of carbonyl (C=O) groups excluding carboxylic acids is 2. The maximum atomic E-state index is 13.6. The Kier molecular flexibility index (Phi) is 6.48. The van der Waals surface area contributed by atoms with Gasteiger partial charge in [-0.25, -0.2) is 13.6 Å². The number of halogens is 2. The minimum absolute atomic E-state index is 0.0981. The average molecular weight is 363 g/mol. The summed E-state index contributed by atoms with van der Waals surface area (Å²) in [5, 5.41) is 7.89. The predicted molar refractivity (Wildman–Crippen MR) is 95.2 cm³/mol. The second kappa shape index (κ2) is 8.80. The normalized spacial score (nSPS) is 11.4. The van der Waals surface area contributed by atoms with Crippen LogP contribution in [0.25, 0.3) is 0 Å². The summed E-state index contributed by atoms with van der Waals surface area (Å²) in [5.74, 6) is -2.05. The van der Waals surface area contributed by atoms with Crippen LogP contribution in [0.15, 0.2) is 42.5 Å². The van der Waals surface area contributed by atoms with Gasteiger partial charge >= 0.3 is 6.09 Å². The van der Waals surface area contributed by atoms with Crippen molar-refractivity contribution in [3.8, 4) is 0 Å². The van der Waals surface area contributed by atoms with Crippen LogP contribution in [0.2, 0.25) is 0 Å². The molecule has 3 N–H and O–H groups in total. The van der Waals surface area contributed by atoms with Gasteiger partial charge in [0.1, 0.15) is 17.7 Å². The number of nitrogens with one attached hydrogen (secondary N) is 3. The third-order valence-electron chi connectivity index (χ3n) is 3.37. The molecule has 0 aliphatic rings. The average Bonchev–Trinajstić information content (AvgIpc) is 2.59. The second-order valence-corrected chi connectivity index (χ2v) is 5.40. The fourth-order valence-electron chi connectivity index (χ4n) is 2.08. The third kappa shape index (κ3) is 5.44. The number of carbonyl (C=O) groups is 2. The maximum absolute atomic E-state index is 13.6. The molecule has 0 heterocycles. The van der Waals surface area contributed by atoms with Gasteiger partial charge in [-0.15, -0.1) is 0 Å². The number of hydrogen-bond acceptors (Lipinski definition) is 4. The van der Waals surface area contributed by atoms with E-state index in [0.717, 1.165) is 12.1 Å². The lowest BCUT2D eigenvalue weighted by molar-refractivity contribution is -0.116. The van der Waals surface area contributed by atoms with Gasteiger partial charge in [-0.3, -0.25) is 10.1 Å². The molecule has 6 nitrogen and oxygen atoms in total. The van der Waals surface area contributed by atoms with Crippen LogP contribution in [0.3, 0.4) is 0 Å². The van der Waals surface area contributed by atoms with Gasteiger partial charge < -0.3 is 15.4 Å². The molecular formula is C18H19F2N3O3. The molecule has 138 valence electrons. The van der Waals surface area contributed by atoms with E-state index < -0.39 is 29.7 Å². The lowest BCUT2D eigenvalue weighted by Gasteiger charge is -2.16. The Morgan fingerprint density at radius 3 is 2.31 bits per heavy atom. The first-order chi connectivity index (χ1) is 12.4. The molecule has 0 aromatic heterocycles. The quantitative estimate of drug-likeness (QED) is 0.725. The molecule has 0 saturated carbocycles. The summed E-state index contributed by atoms with van der Waals surface area (Å²) in [7, 11) is 0.